The fourth-order valence-electron chi connectivity index (χ4n) is 2.19. The summed E-state index contributed by atoms with van der Waals surface area (Å²) in [6, 6.07) is 0. The van der Waals surface area contributed by atoms with Crippen molar-refractivity contribution in [3.05, 3.63) is 22.6 Å². The van der Waals surface area contributed by atoms with Gasteiger partial charge in [-0.3, -0.25) is 4.79 Å². The number of nitrogens with zero attached hydrogens (tertiary/aromatic N) is 1. The highest BCUT2D eigenvalue weighted by molar-refractivity contribution is 5.97. The molecule has 0 atom stereocenters. The second-order valence-electron chi connectivity index (χ2n) is 4.87. The molecule has 1 aromatic rings. The van der Waals surface area contributed by atoms with E-state index in [0.717, 1.165) is 11.3 Å². The van der Waals surface area contributed by atoms with E-state index in [0.29, 0.717) is 24.4 Å². The van der Waals surface area contributed by atoms with Crippen LogP contribution in [0.1, 0.15) is 34.4 Å². The Hall–Kier alpha value is -1.29. The summed E-state index contributed by atoms with van der Waals surface area (Å²) in [6.45, 7) is 8.06. The third-order valence-electron chi connectivity index (χ3n) is 3.13. The smallest absolute Gasteiger partial charge is 0.257 e. The van der Waals surface area contributed by atoms with E-state index in [1.54, 1.807) is 18.7 Å². The Bertz CT molecular complexity index is 437. The monoisotopic (exact) mass is 223 g/mol. The minimum Gasteiger partial charge on any atom is -0.466 e. The molecule has 2 heterocycles. The molecule has 0 radical (unpaired) electrons. The van der Waals surface area contributed by atoms with Gasteiger partial charge in [0.15, 0.2) is 0 Å². The van der Waals surface area contributed by atoms with Crippen LogP contribution < -0.4 is 0 Å². The van der Waals surface area contributed by atoms with Gasteiger partial charge in [0, 0.05) is 5.56 Å². The molecule has 0 aliphatic carbocycles. The summed E-state index contributed by atoms with van der Waals surface area (Å²) >= 11 is 0. The van der Waals surface area contributed by atoms with Crippen LogP contribution >= 0.6 is 0 Å². The van der Waals surface area contributed by atoms with Crippen LogP contribution in [0, 0.1) is 20.8 Å². The van der Waals surface area contributed by atoms with Gasteiger partial charge in [-0.15, -0.1) is 0 Å². The summed E-state index contributed by atoms with van der Waals surface area (Å²) in [6.07, 6.45) is 0. The summed E-state index contributed by atoms with van der Waals surface area (Å²) < 4.78 is 5.43. The Morgan fingerprint density at radius 2 is 1.88 bits per heavy atom. The SMILES string of the molecule is Cc1oc(C)c(C(=O)N2CC(C)(O)C2)c1C. The lowest BCUT2D eigenvalue weighted by molar-refractivity contribution is -0.0669. The van der Waals surface area contributed by atoms with E-state index in [-0.39, 0.29) is 5.91 Å². The van der Waals surface area contributed by atoms with E-state index in [9.17, 15) is 9.90 Å². The minimum absolute atomic E-state index is 0.0432. The Morgan fingerprint density at radius 1 is 1.31 bits per heavy atom. The zero-order chi connectivity index (χ0) is 12.1. The second kappa shape index (κ2) is 3.35. The van der Waals surface area contributed by atoms with Crippen LogP contribution in [0.2, 0.25) is 0 Å². The molecule has 4 nitrogen and oxygen atoms in total. The first-order valence-electron chi connectivity index (χ1n) is 5.40. The van der Waals surface area contributed by atoms with E-state index < -0.39 is 5.60 Å². The maximum atomic E-state index is 12.1. The fourth-order valence-corrected chi connectivity index (χ4v) is 2.19. The molecule has 0 unspecified atom stereocenters. The van der Waals surface area contributed by atoms with Crippen molar-refractivity contribution in [1.82, 2.24) is 4.90 Å². The van der Waals surface area contributed by atoms with E-state index in [1.165, 1.54) is 0 Å². The maximum absolute atomic E-state index is 12.1. The Morgan fingerprint density at radius 3 is 2.25 bits per heavy atom. The lowest BCUT2D eigenvalue weighted by atomic mass is 9.95. The zero-order valence-electron chi connectivity index (χ0n) is 10.1. The van der Waals surface area contributed by atoms with E-state index in [2.05, 4.69) is 0 Å². The van der Waals surface area contributed by atoms with Gasteiger partial charge in [0.1, 0.15) is 11.5 Å². The number of aryl methyl sites for hydroxylation is 2. The highest BCUT2D eigenvalue weighted by Crippen LogP contribution is 2.27. The molecule has 1 saturated heterocycles. The summed E-state index contributed by atoms with van der Waals surface area (Å²) in [7, 11) is 0. The molecule has 16 heavy (non-hydrogen) atoms. The molecular formula is C12H17NO3. The van der Waals surface area contributed by atoms with Crippen molar-refractivity contribution in [3.8, 4) is 0 Å². The van der Waals surface area contributed by atoms with Crippen LogP contribution in [0.3, 0.4) is 0 Å². The van der Waals surface area contributed by atoms with Crippen molar-refractivity contribution in [2.24, 2.45) is 0 Å². The predicted molar refractivity (Wildman–Crippen MR) is 59.4 cm³/mol. The topological polar surface area (TPSA) is 53.7 Å². The highest BCUT2D eigenvalue weighted by atomic mass is 16.3. The molecule has 1 aliphatic heterocycles. The molecule has 0 saturated carbocycles. The molecular weight excluding hydrogens is 206 g/mol. The Kier molecular flexibility index (Phi) is 2.35. The fraction of sp³-hybridized carbons (Fsp3) is 0.583. The van der Waals surface area contributed by atoms with Crippen LogP contribution in [0.15, 0.2) is 4.42 Å². The zero-order valence-corrected chi connectivity index (χ0v) is 10.1. The lowest BCUT2D eigenvalue weighted by Crippen LogP contribution is -2.61. The van der Waals surface area contributed by atoms with Crippen molar-refractivity contribution in [2.45, 2.75) is 33.3 Å². The third-order valence-corrected chi connectivity index (χ3v) is 3.13. The number of hydrogen-bond donors (Lipinski definition) is 1. The molecule has 0 bridgehead atoms. The number of furan rings is 1. The third kappa shape index (κ3) is 1.63. The first kappa shape index (κ1) is 11.2. The number of rotatable bonds is 1. The van der Waals surface area contributed by atoms with Gasteiger partial charge in [-0.25, -0.2) is 0 Å². The highest BCUT2D eigenvalue weighted by Gasteiger charge is 2.40. The summed E-state index contributed by atoms with van der Waals surface area (Å²) in [4.78, 5) is 13.8. The lowest BCUT2D eigenvalue weighted by Gasteiger charge is -2.44. The summed E-state index contributed by atoms with van der Waals surface area (Å²) in [5.41, 5.74) is 0.818. The van der Waals surface area contributed by atoms with Gasteiger partial charge in [0.05, 0.1) is 24.3 Å². The molecule has 0 spiro atoms. The average molecular weight is 223 g/mol. The quantitative estimate of drug-likeness (QED) is 0.783. The normalized spacial score (nSPS) is 18.4. The van der Waals surface area contributed by atoms with Gasteiger partial charge in [-0.1, -0.05) is 0 Å². The van der Waals surface area contributed by atoms with Crippen molar-refractivity contribution in [3.63, 3.8) is 0 Å². The van der Waals surface area contributed by atoms with Crippen molar-refractivity contribution in [2.75, 3.05) is 13.1 Å². The van der Waals surface area contributed by atoms with Crippen LogP contribution in [-0.4, -0.2) is 34.6 Å². The molecule has 1 N–H and O–H groups in total. The van der Waals surface area contributed by atoms with Crippen molar-refractivity contribution in [1.29, 1.82) is 0 Å². The van der Waals surface area contributed by atoms with Crippen LogP contribution in [-0.2, 0) is 0 Å². The minimum atomic E-state index is -0.726. The number of β-amino-alcohol motifs (C(OH)–C–C–N with tert-alkyl or cyclic N) is 1. The molecule has 2 rings (SSSR count). The van der Waals surface area contributed by atoms with Gasteiger partial charge in [-0.05, 0) is 27.7 Å². The summed E-state index contributed by atoms with van der Waals surface area (Å²) in [5, 5.41) is 9.61. The Labute approximate surface area is 94.9 Å². The maximum Gasteiger partial charge on any atom is 0.257 e. The Balaban J connectivity index is 2.23. The number of carbonyl (C=O) groups excluding carboxylic acids is 1. The standard InChI is InChI=1S/C12H17NO3/c1-7-8(2)16-9(3)10(7)11(14)13-5-12(4,15)6-13/h15H,5-6H2,1-4H3. The van der Waals surface area contributed by atoms with Crippen LogP contribution in [0.25, 0.3) is 0 Å². The molecule has 1 aliphatic rings. The van der Waals surface area contributed by atoms with Gasteiger partial charge >= 0.3 is 0 Å². The van der Waals surface area contributed by atoms with Crippen LogP contribution in [0.5, 0.6) is 0 Å². The van der Waals surface area contributed by atoms with E-state index in [4.69, 9.17) is 4.42 Å². The molecule has 1 aromatic heterocycles. The van der Waals surface area contributed by atoms with Gasteiger partial charge in [-0.2, -0.15) is 0 Å². The number of aliphatic hydroxyl groups is 1. The van der Waals surface area contributed by atoms with Gasteiger partial charge in [0.2, 0.25) is 0 Å². The van der Waals surface area contributed by atoms with Gasteiger partial charge < -0.3 is 14.4 Å². The first-order valence-corrected chi connectivity index (χ1v) is 5.40. The molecule has 88 valence electrons. The van der Waals surface area contributed by atoms with E-state index in [1.807, 2.05) is 13.8 Å². The molecule has 1 amide bonds. The van der Waals surface area contributed by atoms with Crippen molar-refractivity contribution < 1.29 is 14.3 Å². The second-order valence-corrected chi connectivity index (χ2v) is 4.87. The number of hydrogen-bond acceptors (Lipinski definition) is 3. The van der Waals surface area contributed by atoms with Gasteiger partial charge in [0.25, 0.3) is 5.91 Å². The summed E-state index contributed by atoms with van der Waals surface area (Å²) in [5.74, 6) is 1.40. The molecule has 0 aromatic carbocycles. The number of amides is 1. The first-order chi connectivity index (χ1) is 7.32. The average Bonchev–Trinajstić information content (AvgIpc) is 2.36. The van der Waals surface area contributed by atoms with E-state index >= 15 is 0 Å². The molecule has 4 heteroatoms. The molecule has 1 fully saturated rings. The van der Waals surface area contributed by atoms with Crippen LogP contribution in [0.4, 0.5) is 0 Å². The predicted octanol–water partition coefficient (Wildman–Crippen LogP) is 1.41. The largest absolute Gasteiger partial charge is 0.466 e. The number of likely N-dealkylation sites (tertiary alicyclic amines) is 1. The van der Waals surface area contributed by atoms with Crippen molar-refractivity contribution >= 4 is 5.91 Å². The number of carbonyl (C=O) groups is 1.